The van der Waals surface area contributed by atoms with Crippen LogP contribution < -0.4 is 5.32 Å². The van der Waals surface area contributed by atoms with Gasteiger partial charge in [0.05, 0.1) is 12.2 Å². The van der Waals surface area contributed by atoms with Gasteiger partial charge in [0, 0.05) is 11.3 Å². The van der Waals surface area contributed by atoms with E-state index >= 15 is 0 Å². The third kappa shape index (κ3) is 3.00. The molecule has 0 aliphatic rings. The van der Waals surface area contributed by atoms with E-state index in [-0.39, 0.29) is 0 Å². The molecule has 0 fully saturated rings. The van der Waals surface area contributed by atoms with Crippen LogP contribution in [0.3, 0.4) is 0 Å². The number of hydrogen-bond acceptors (Lipinski definition) is 6. The molecule has 7 heteroatoms. The van der Waals surface area contributed by atoms with Crippen molar-refractivity contribution in [1.82, 2.24) is 24.9 Å². The fraction of sp³-hybridized carbons (Fsp3) is 0.0588. The lowest BCUT2D eigenvalue weighted by molar-refractivity contribution is 0.423. The minimum absolute atomic E-state index is 0.485. The summed E-state index contributed by atoms with van der Waals surface area (Å²) >= 11 is 0. The van der Waals surface area contributed by atoms with Gasteiger partial charge in [0.1, 0.15) is 12.7 Å². The lowest BCUT2D eigenvalue weighted by Crippen LogP contribution is -2.01. The molecule has 0 spiro atoms. The Kier molecular flexibility index (Phi) is 3.73. The quantitative estimate of drug-likeness (QED) is 0.609. The predicted octanol–water partition coefficient (Wildman–Crippen LogP) is 2.93. The zero-order valence-corrected chi connectivity index (χ0v) is 12.7. The van der Waals surface area contributed by atoms with Crippen molar-refractivity contribution >= 4 is 5.69 Å². The van der Waals surface area contributed by atoms with Crippen molar-refractivity contribution in [2.45, 2.75) is 6.54 Å². The Labute approximate surface area is 138 Å². The van der Waals surface area contributed by atoms with Crippen LogP contribution in [0.5, 0.6) is 0 Å². The maximum Gasteiger partial charge on any atom is 0.257 e. The van der Waals surface area contributed by atoms with Gasteiger partial charge in [-0.25, -0.2) is 9.67 Å². The summed E-state index contributed by atoms with van der Waals surface area (Å²) in [6.45, 7) is 0.485. The van der Waals surface area contributed by atoms with Crippen molar-refractivity contribution in [2.75, 3.05) is 5.32 Å². The smallest absolute Gasteiger partial charge is 0.257 e. The van der Waals surface area contributed by atoms with Crippen molar-refractivity contribution < 1.29 is 4.52 Å². The minimum atomic E-state index is 0.485. The largest absolute Gasteiger partial charge is 0.378 e. The number of hydrogen-bond donors (Lipinski definition) is 1. The van der Waals surface area contributed by atoms with Gasteiger partial charge < -0.3 is 9.84 Å². The van der Waals surface area contributed by atoms with Gasteiger partial charge in [0.25, 0.3) is 5.89 Å². The second-order valence-electron chi connectivity index (χ2n) is 5.12. The van der Waals surface area contributed by atoms with Crippen molar-refractivity contribution in [1.29, 1.82) is 0 Å². The molecule has 0 aliphatic carbocycles. The predicted molar refractivity (Wildman–Crippen MR) is 88.4 cm³/mol. The Balaban J connectivity index is 1.41. The summed E-state index contributed by atoms with van der Waals surface area (Å²) in [5, 5.41) is 11.4. The first-order chi connectivity index (χ1) is 11.9. The lowest BCUT2D eigenvalue weighted by atomic mass is 10.2. The highest BCUT2D eigenvalue weighted by Gasteiger charge is 2.08. The van der Waals surface area contributed by atoms with Crippen LogP contribution in [-0.4, -0.2) is 24.9 Å². The standard InChI is InChI=1S/C17H14N6O/c1-2-4-13(5-3-1)17-21-16(22-24-17)10-19-14-6-8-15(9-7-14)23-12-18-11-20-23/h1-9,11-12,19H,10H2. The zero-order valence-electron chi connectivity index (χ0n) is 12.7. The van der Waals surface area contributed by atoms with Crippen molar-refractivity contribution in [3.8, 4) is 17.1 Å². The van der Waals surface area contributed by atoms with Gasteiger partial charge in [0.15, 0.2) is 5.82 Å². The van der Waals surface area contributed by atoms with Gasteiger partial charge in [-0.05, 0) is 36.4 Å². The fourth-order valence-corrected chi connectivity index (χ4v) is 2.28. The van der Waals surface area contributed by atoms with E-state index in [4.69, 9.17) is 4.52 Å². The van der Waals surface area contributed by atoms with Gasteiger partial charge in [-0.1, -0.05) is 23.4 Å². The van der Waals surface area contributed by atoms with Gasteiger partial charge in [-0.3, -0.25) is 0 Å². The lowest BCUT2D eigenvalue weighted by Gasteiger charge is -2.05. The second kappa shape index (κ2) is 6.33. The monoisotopic (exact) mass is 318 g/mol. The van der Waals surface area contributed by atoms with Crippen molar-refractivity contribution in [3.63, 3.8) is 0 Å². The van der Waals surface area contributed by atoms with E-state index in [1.54, 1.807) is 11.0 Å². The third-order valence-corrected chi connectivity index (χ3v) is 3.49. The van der Waals surface area contributed by atoms with Crippen LogP contribution in [0, 0.1) is 0 Å². The number of benzene rings is 2. The first-order valence-electron chi connectivity index (χ1n) is 7.45. The summed E-state index contributed by atoms with van der Waals surface area (Å²) in [6, 6.07) is 17.6. The molecule has 7 nitrogen and oxygen atoms in total. The summed E-state index contributed by atoms with van der Waals surface area (Å²) in [4.78, 5) is 8.32. The Hall–Kier alpha value is -3.48. The number of nitrogens with one attached hydrogen (secondary N) is 1. The van der Waals surface area contributed by atoms with E-state index in [9.17, 15) is 0 Å². The summed E-state index contributed by atoms with van der Waals surface area (Å²) in [7, 11) is 0. The Morgan fingerprint density at radius 3 is 2.58 bits per heavy atom. The van der Waals surface area contributed by atoms with E-state index in [1.807, 2.05) is 54.6 Å². The molecule has 0 radical (unpaired) electrons. The average Bonchev–Trinajstić information content (AvgIpc) is 3.33. The topological polar surface area (TPSA) is 81.7 Å². The first-order valence-corrected chi connectivity index (χ1v) is 7.45. The van der Waals surface area contributed by atoms with Crippen LogP contribution in [0.15, 0.2) is 71.8 Å². The Morgan fingerprint density at radius 2 is 1.83 bits per heavy atom. The summed E-state index contributed by atoms with van der Waals surface area (Å²) in [5.41, 5.74) is 2.82. The number of anilines is 1. The number of rotatable bonds is 5. The van der Waals surface area contributed by atoms with Gasteiger partial charge in [-0.15, -0.1) is 0 Å². The summed E-state index contributed by atoms with van der Waals surface area (Å²) in [6.07, 6.45) is 3.17. The Morgan fingerprint density at radius 1 is 1.00 bits per heavy atom. The molecule has 0 aliphatic heterocycles. The third-order valence-electron chi connectivity index (χ3n) is 3.49. The average molecular weight is 318 g/mol. The van der Waals surface area contributed by atoms with Crippen LogP contribution in [0.1, 0.15) is 5.82 Å². The molecule has 118 valence electrons. The summed E-state index contributed by atoms with van der Waals surface area (Å²) in [5.74, 6) is 1.13. The van der Waals surface area contributed by atoms with E-state index in [2.05, 4.69) is 25.5 Å². The molecular weight excluding hydrogens is 304 g/mol. The van der Waals surface area contributed by atoms with Crippen molar-refractivity contribution in [3.05, 3.63) is 73.1 Å². The van der Waals surface area contributed by atoms with Gasteiger partial charge in [-0.2, -0.15) is 10.1 Å². The van der Waals surface area contributed by atoms with E-state index < -0.39 is 0 Å². The molecule has 2 aromatic heterocycles. The molecule has 2 heterocycles. The number of nitrogens with zero attached hydrogens (tertiary/aromatic N) is 5. The Bertz CT molecular complexity index is 900. The molecule has 0 bridgehead atoms. The highest BCUT2D eigenvalue weighted by molar-refractivity contribution is 5.52. The molecule has 0 amide bonds. The van der Waals surface area contributed by atoms with E-state index in [0.29, 0.717) is 18.3 Å². The zero-order chi connectivity index (χ0) is 16.2. The van der Waals surface area contributed by atoms with Crippen LogP contribution in [-0.2, 0) is 6.54 Å². The highest BCUT2D eigenvalue weighted by Crippen LogP contribution is 2.17. The summed E-state index contributed by atoms with van der Waals surface area (Å²) < 4.78 is 6.99. The van der Waals surface area contributed by atoms with Gasteiger partial charge in [0.2, 0.25) is 0 Å². The normalized spacial score (nSPS) is 10.7. The molecule has 0 unspecified atom stereocenters. The molecule has 2 aromatic carbocycles. The minimum Gasteiger partial charge on any atom is -0.378 e. The molecule has 4 aromatic rings. The fourth-order valence-electron chi connectivity index (χ4n) is 2.28. The van der Waals surface area contributed by atoms with E-state index in [0.717, 1.165) is 16.9 Å². The molecule has 24 heavy (non-hydrogen) atoms. The molecule has 0 saturated heterocycles. The maximum atomic E-state index is 5.29. The van der Waals surface area contributed by atoms with Crippen LogP contribution in [0.2, 0.25) is 0 Å². The first kappa shape index (κ1) is 14.1. The highest BCUT2D eigenvalue weighted by atomic mass is 16.5. The van der Waals surface area contributed by atoms with Crippen molar-refractivity contribution in [2.24, 2.45) is 0 Å². The molecule has 0 saturated carbocycles. The SMILES string of the molecule is c1ccc(-c2nc(CNc3ccc(-n4cncn4)cc3)no2)cc1. The number of aromatic nitrogens is 5. The van der Waals surface area contributed by atoms with E-state index in [1.165, 1.54) is 6.33 Å². The van der Waals surface area contributed by atoms with Gasteiger partial charge >= 0.3 is 0 Å². The molecule has 1 N–H and O–H groups in total. The molecule has 0 atom stereocenters. The molecular formula is C17H14N6O. The van der Waals surface area contributed by atoms with Crippen LogP contribution in [0.25, 0.3) is 17.1 Å². The molecule has 4 rings (SSSR count). The maximum absolute atomic E-state index is 5.29. The second-order valence-corrected chi connectivity index (χ2v) is 5.12. The van der Waals surface area contributed by atoms with Crippen LogP contribution >= 0.6 is 0 Å². The van der Waals surface area contributed by atoms with Crippen LogP contribution in [0.4, 0.5) is 5.69 Å².